The van der Waals surface area contributed by atoms with Gasteiger partial charge in [0.1, 0.15) is 0 Å². The Kier molecular flexibility index (Phi) is 7.00. The summed E-state index contributed by atoms with van der Waals surface area (Å²) in [5.41, 5.74) is 2.43. The van der Waals surface area contributed by atoms with Crippen LogP contribution in [0, 0.1) is 5.92 Å². The fourth-order valence-corrected chi connectivity index (χ4v) is 3.75. The van der Waals surface area contributed by atoms with Crippen LogP contribution in [0.1, 0.15) is 53.9 Å². The smallest absolute Gasteiger partial charge is 0.305 e. The van der Waals surface area contributed by atoms with Gasteiger partial charge in [0.25, 0.3) is 5.91 Å². The maximum Gasteiger partial charge on any atom is 0.305 e. The maximum absolute atomic E-state index is 12.6. The van der Waals surface area contributed by atoms with Crippen molar-refractivity contribution in [2.45, 2.75) is 38.0 Å². The molecule has 6 heteroatoms. The molecule has 1 aliphatic rings. The zero-order valence-corrected chi connectivity index (χ0v) is 16.3. The van der Waals surface area contributed by atoms with E-state index in [-0.39, 0.29) is 30.7 Å². The fraction of sp³-hybridized carbons (Fsp3) is 0.348. The minimum absolute atomic E-state index is 0.00829. The van der Waals surface area contributed by atoms with Crippen molar-refractivity contribution in [3.8, 4) is 0 Å². The topological polar surface area (TPSA) is 95.5 Å². The second-order valence-corrected chi connectivity index (χ2v) is 7.43. The first-order valence-electron chi connectivity index (χ1n) is 9.99. The number of carbonyl (C=O) groups is 3. The van der Waals surface area contributed by atoms with E-state index in [1.54, 1.807) is 24.3 Å². The van der Waals surface area contributed by atoms with E-state index in [1.807, 2.05) is 6.07 Å². The third kappa shape index (κ3) is 5.91. The predicted molar refractivity (Wildman–Crippen MR) is 111 cm³/mol. The predicted octanol–water partition coefficient (Wildman–Crippen LogP) is 3.80. The van der Waals surface area contributed by atoms with Gasteiger partial charge in [0, 0.05) is 23.7 Å². The second-order valence-electron chi connectivity index (χ2n) is 7.43. The summed E-state index contributed by atoms with van der Waals surface area (Å²) in [6.07, 6.45) is 3.65. The summed E-state index contributed by atoms with van der Waals surface area (Å²) in [5.74, 6) is -0.729. The molecule has 0 heterocycles. The number of benzene rings is 2. The van der Waals surface area contributed by atoms with E-state index in [2.05, 4.69) is 34.9 Å². The summed E-state index contributed by atoms with van der Waals surface area (Å²) in [5, 5.41) is 14.1. The number of carboxylic acid groups (broad SMARTS) is 1. The van der Waals surface area contributed by atoms with Crippen LogP contribution in [0.4, 0.5) is 5.69 Å². The zero-order valence-electron chi connectivity index (χ0n) is 16.3. The summed E-state index contributed by atoms with van der Waals surface area (Å²) in [6, 6.07) is 17.1. The lowest BCUT2D eigenvalue weighted by atomic mass is 9.78. The first-order valence-corrected chi connectivity index (χ1v) is 9.99. The molecule has 2 aromatic rings. The molecule has 0 aromatic heterocycles. The summed E-state index contributed by atoms with van der Waals surface area (Å²) < 4.78 is 0. The average molecular weight is 394 g/mol. The van der Waals surface area contributed by atoms with Crippen LogP contribution < -0.4 is 10.6 Å². The van der Waals surface area contributed by atoms with Gasteiger partial charge in [-0.1, -0.05) is 30.3 Å². The van der Waals surface area contributed by atoms with Gasteiger partial charge < -0.3 is 15.7 Å². The van der Waals surface area contributed by atoms with Crippen molar-refractivity contribution in [1.82, 2.24) is 5.32 Å². The number of amides is 2. The molecule has 1 fully saturated rings. The van der Waals surface area contributed by atoms with E-state index in [1.165, 1.54) is 5.56 Å². The van der Waals surface area contributed by atoms with E-state index >= 15 is 0 Å². The van der Waals surface area contributed by atoms with Crippen molar-refractivity contribution in [2.75, 3.05) is 11.9 Å². The van der Waals surface area contributed by atoms with Crippen LogP contribution in [0.25, 0.3) is 0 Å². The van der Waals surface area contributed by atoms with E-state index < -0.39 is 5.97 Å². The van der Waals surface area contributed by atoms with Gasteiger partial charge in [-0.3, -0.25) is 14.4 Å². The Morgan fingerprint density at radius 3 is 2.17 bits per heavy atom. The van der Waals surface area contributed by atoms with Gasteiger partial charge in [0.15, 0.2) is 0 Å². The standard InChI is InChI=1S/C23H26N2O4/c26-21(27)14-15-24-22(28)18-10-12-20(13-11-18)25-23(29)19-8-6-17(7-9-19)16-4-2-1-3-5-16/h1-5,10-13,17,19H,6-9,14-15H2,(H,24,28)(H,25,29)(H,26,27). The van der Waals surface area contributed by atoms with Crippen molar-refractivity contribution in [2.24, 2.45) is 5.92 Å². The van der Waals surface area contributed by atoms with Crippen LogP contribution in [-0.4, -0.2) is 29.4 Å². The van der Waals surface area contributed by atoms with Gasteiger partial charge in [0.2, 0.25) is 5.91 Å². The van der Waals surface area contributed by atoms with Crippen LogP contribution in [0.3, 0.4) is 0 Å². The first-order chi connectivity index (χ1) is 14.0. The normalized spacial score (nSPS) is 18.6. The van der Waals surface area contributed by atoms with Gasteiger partial charge in [-0.25, -0.2) is 0 Å². The van der Waals surface area contributed by atoms with Gasteiger partial charge in [0.05, 0.1) is 6.42 Å². The number of nitrogens with one attached hydrogen (secondary N) is 2. The molecule has 6 nitrogen and oxygen atoms in total. The van der Waals surface area contributed by atoms with Gasteiger partial charge in [-0.05, 0) is 61.4 Å². The number of aliphatic carboxylic acids is 1. The summed E-state index contributed by atoms with van der Waals surface area (Å²) in [6.45, 7) is 0.0817. The molecule has 1 saturated carbocycles. The van der Waals surface area contributed by atoms with Crippen molar-refractivity contribution < 1.29 is 19.5 Å². The van der Waals surface area contributed by atoms with E-state index in [0.717, 1.165) is 25.7 Å². The number of hydrogen-bond acceptors (Lipinski definition) is 3. The lowest BCUT2D eigenvalue weighted by Crippen LogP contribution is -2.27. The molecule has 0 bridgehead atoms. The highest BCUT2D eigenvalue weighted by Gasteiger charge is 2.27. The van der Waals surface area contributed by atoms with Crippen LogP contribution in [0.5, 0.6) is 0 Å². The molecule has 0 spiro atoms. The maximum atomic E-state index is 12.6. The van der Waals surface area contributed by atoms with Crippen molar-refractivity contribution in [1.29, 1.82) is 0 Å². The summed E-state index contributed by atoms with van der Waals surface area (Å²) >= 11 is 0. The SMILES string of the molecule is O=C(O)CCNC(=O)c1ccc(NC(=O)C2CCC(c3ccccc3)CC2)cc1. The Morgan fingerprint density at radius 1 is 0.897 bits per heavy atom. The van der Waals surface area contributed by atoms with Crippen LogP contribution in [0.2, 0.25) is 0 Å². The van der Waals surface area contributed by atoms with Gasteiger partial charge in [-0.2, -0.15) is 0 Å². The number of hydrogen-bond donors (Lipinski definition) is 3. The Morgan fingerprint density at radius 2 is 1.55 bits per heavy atom. The third-order valence-electron chi connectivity index (χ3n) is 5.41. The molecule has 1 aliphatic carbocycles. The number of carbonyl (C=O) groups excluding carboxylic acids is 2. The molecule has 0 aliphatic heterocycles. The molecule has 0 unspecified atom stereocenters. The lowest BCUT2D eigenvalue weighted by molar-refractivity contribution is -0.136. The highest BCUT2D eigenvalue weighted by Crippen LogP contribution is 2.36. The Balaban J connectivity index is 1.47. The highest BCUT2D eigenvalue weighted by molar-refractivity contribution is 5.96. The first kappa shape index (κ1) is 20.6. The highest BCUT2D eigenvalue weighted by atomic mass is 16.4. The molecule has 2 aromatic carbocycles. The zero-order chi connectivity index (χ0) is 20.6. The Bertz CT molecular complexity index is 841. The van der Waals surface area contributed by atoms with E-state index in [4.69, 9.17) is 5.11 Å². The van der Waals surface area contributed by atoms with Gasteiger partial charge in [-0.15, -0.1) is 0 Å². The fourth-order valence-electron chi connectivity index (χ4n) is 3.75. The molecule has 3 N–H and O–H groups in total. The largest absolute Gasteiger partial charge is 0.481 e. The second kappa shape index (κ2) is 9.87. The average Bonchev–Trinajstić information content (AvgIpc) is 2.74. The molecule has 2 amide bonds. The van der Waals surface area contributed by atoms with Gasteiger partial charge >= 0.3 is 5.97 Å². The van der Waals surface area contributed by atoms with Crippen molar-refractivity contribution in [3.05, 3.63) is 65.7 Å². The van der Waals surface area contributed by atoms with Crippen molar-refractivity contribution in [3.63, 3.8) is 0 Å². The molecule has 29 heavy (non-hydrogen) atoms. The monoisotopic (exact) mass is 394 g/mol. The minimum atomic E-state index is -0.957. The Labute approximate surface area is 170 Å². The van der Waals surface area contributed by atoms with E-state index in [0.29, 0.717) is 17.2 Å². The summed E-state index contributed by atoms with van der Waals surface area (Å²) in [4.78, 5) is 35.0. The van der Waals surface area contributed by atoms with Crippen LogP contribution in [-0.2, 0) is 9.59 Å². The van der Waals surface area contributed by atoms with E-state index in [9.17, 15) is 14.4 Å². The minimum Gasteiger partial charge on any atom is -0.481 e. The Hall–Kier alpha value is -3.15. The van der Waals surface area contributed by atoms with Crippen molar-refractivity contribution >= 4 is 23.5 Å². The molecular formula is C23H26N2O4. The number of rotatable bonds is 7. The molecule has 0 saturated heterocycles. The van der Waals surface area contributed by atoms with Crippen LogP contribution in [0.15, 0.2) is 54.6 Å². The van der Waals surface area contributed by atoms with Crippen LogP contribution >= 0.6 is 0 Å². The number of carboxylic acids is 1. The lowest BCUT2D eigenvalue weighted by Gasteiger charge is -2.28. The number of anilines is 1. The molecule has 0 radical (unpaired) electrons. The summed E-state index contributed by atoms with van der Waals surface area (Å²) in [7, 11) is 0. The molecular weight excluding hydrogens is 368 g/mol. The molecule has 0 atom stereocenters. The molecule has 152 valence electrons. The third-order valence-corrected chi connectivity index (χ3v) is 5.41. The molecule has 3 rings (SSSR count). The quantitative estimate of drug-likeness (QED) is 0.665.